The van der Waals surface area contributed by atoms with E-state index < -0.39 is 149 Å². The molecule has 8 unspecified atom stereocenters. The summed E-state index contributed by atoms with van der Waals surface area (Å²) in [6.45, 7) is 9.51. The molecule has 0 amide bonds. The number of methoxy groups -OCH3 is 2. The van der Waals surface area contributed by atoms with Crippen LogP contribution in [0.25, 0.3) is 20.9 Å². The van der Waals surface area contributed by atoms with Crippen molar-refractivity contribution in [3.05, 3.63) is 20.9 Å². The lowest BCUT2D eigenvalue weighted by molar-refractivity contribution is -0.336. The first-order chi connectivity index (χ1) is 35.2. The Bertz CT molecular complexity index is 1650. The van der Waals surface area contributed by atoms with Crippen molar-refractivity contribution in [2.45, 2.75) is 204 Å². The molecule has 2 rings (SSSR count). The molecule has 2 saturated heterocycles. The summed E-state index contributed by atoms with van der Waals surface area (Å²) in [6, 6.07) is -2.46. The fraction of sp³-hybridized carbons (Fsp3) is 0.935. The summed E-state index contributed by atoms with van der Waals surface area (Å²) in [4.78, 5) is 45.4. The molecule has 0 aliphatic carbocycles. The minimum atomic E-state index is -1.85. The average Bonchev–Trinajstić information content (AvgIpc) is 3.38. The first kappa shape index (κ1) is 65.5. The molecule has 2 aliphatic rings. The molecular formula is C46H82N6O21. The third-order valence-corrected chi connectivity index (χ3v) is 11.8. The van der Waals surface area contributed by atoms with Crippen LogP contribution in [-0.4, -0.2) is 216 Å². The zero-order valence-corrected chi connectivity index (χ0v) is 43.7. The van der Waals surface area contributed by atoms with E-state index >= 15 is 0 Å². The van der Waals surface area contributed by atoms with Crippen LogP contribution in [-0.2, 0) is 80.7 Å². The van der Waals surface area contributed by atoms with Gasteiger partial charge in [0.2, 0.25) is 0 Å². The molecule has 4 N–H and O–H groups in total. The fourth-order valence-electron chi connectivity index (χ4n) is 7.68. The number of unbranched alkanes of at least 4 members (excludes halogenated alkanes) is 4. The molecule has 2 aliphatic heterocycles. The van der Waals surface area contributed by atoms with Crippen LogP contribution in [0.15, 0.2) is 10.2 Å². The Labute approximate surface area is 427 Å². The van der Waals surface area contributed by atoms with Gasteiger partial charge in [-0.05, 0) is 50.6 Å². The summed E-state index contributed by atoms with van der Waals surface area (Å²) in [5.74, 6) is -2.83. The molecule has 0 spiro atoms. The van der Waals surface area contributed by atoms with Crippen LogP contribution in [0.3, 0.4) is 0 Å². The fourth-order valence-corrected chi connectivity index (χ4v) is 7.68. The van der Waals surface area contributed by atoms with Crippen LogP contribution >= 0.6 is 0 Å². The zero-order chi connectivity index (χ0) is 54.3. The maximum absolute atomic E-state index is 14.0. The van der Waals surface area contributed by atoms with Gasteiger partial charge in [0.25, 0.3) is 0 Å². The number of aliphatic hydroxyl groups excluding tert-OH is 4. The third kappa shape index (κ3) is 21.5. The highest BCUT2D eigenvalue weighted by Gasteiger charge is 2.53. The van der Waals surface area contributed by atoms with Crippen LogP contribution in [0.2, 0.25) is 0 Å². The van der Waals surface area contributed by atoms with Crippen LogP contribution in [0, 0.1) is 0 Å². The smallest absolute Gasteiger partial charge is 0.337 e. The predicted molar refractivity (Wildman–Crippen MR) is 254 cm³/mol. The maximum Gasteiger partial charge on any atom is 0.337 e. The molecule has 422 valence electrons. The Morgan fingerprint density at radius 1 is 0.685 bits per heavy atom. The van der Waals surface area contributed by atoms with E-state index in [1.807, 2.05) is 27.7 Å². The van der Waals surface area contributed by atoms with Gasteiger partial charge in [-0.25, -0.2) is 9.59 Å². The normalized spacial score (nSPS) is 26.4. The highest BCUT2D eigenvalue weighted by atomic mass is 16.8. The van der Waals surface area contributed by atoms with Crippen molar-refractivity contribution in [2.24, 2.45) is 10.2 Å². The summed E-state index contributed by atoms with van der Waals surface area (Å²) >= 11 is 0. The van der Waals surface area contributed by atoms with Gasteiger partial charge in [-0.15, -0.1) is 0 Å². The predicted octanol–water partition coefficient (Wildman–Crippen LogP) is 3.07. The van der Waals surface area contributed by atoms with Gasteiger partial charge < -0.3 is 86.7 Å². The molecule has 0 aromatic heterocycles. The topological polar surface area (TPSA) is 359 Å². The molecule has 0 aromatic rings. The minimum Gasteiger partial charge on any atom is -0.467 e. The molecule has 27 heteroatoms. The lowest BCUT2D eigenvalue weighted by Gasteiger charge is -2.47. The maximum atomic E-state index is 14.0. The Morgan fingerprint density at radius 3 is 1.70 bits per heavy atom. The van der Waals surface area contributed by atoms with Crippen LogP contribution in [0.1, 0.15) is 99.8 Å². The number of hydrogen-bond acceptors (Lipinski definition) is 23. The monoisotopic (exact) mass is 1050 g/mol. The van der Waals surface area contributed by atoms with Crippen molar-refractivity contribution in [3.63, 3.8) is 0 Å². The summed E-state index contributed by atoms with van der Waals surface area (Å²) in [7, 11) is 2.15. The van der Waals surface area contributed by atoms with E-state index in [1.165, 1.54) is 6.92 Å². The quantitative estimate of drug-likeness (QED) is 0.0131. The summed E-state index contributed by atoms with van der Waals surface area (Å²) < 4.78 is 83.4. The number of azide groups is 2. The number of esters is 3. The van der Waals surface area contributed by atoms with Gasteiger partial charge in [0.05, 0.1) is 71.1 Å². The molecule has 0 radical (unpaired) electrons. The molecule has 0 bridgehead atoms. The van der Waals surface area contributed by atoms with Crippen LogP contribution in [0.4, 0.5) is 0 Å². The van der Waals surface area contributed by atoms with E-state index in [4.69, 9.17) is 66.3 Å². The van der Waals surface area contributed by atoms with Gasteiger partial charge in [-0.2, -0.15) is 0 Å². The van der Waals surface area contributed by atoms with E-state index in [9.17, 15) is 45.9 Å². The SMILES string of the molecule is CCCCOC1[C@H](OC(CO)OC(C(=O)OC)[C@H](O[C@@H]2OC(COC(C)=O)[C@@H](OC(CO)OC(C(=O)OC)[C@@H](O)[C@H](C)OCCCC)C(OCCCC)[C@@H]2N=[N+]=[N-])[C@H](C)OCCCC)C(CO)OC[C@H]1N=[N+]=[N-]. The minimum absolute atomic E-state index is 0.0268. The standard InChI is InChI=1S/C46H82N6O21/c1-10-14-18-62-27(5)36(57)42(44(58)60-8)71-33(23-54)70-40-32(26-66-29(7)56)68-46(35(50-52-48)41(40)65-21-17-13-4)73-37(28(6)63-19-15-11-2)43(45(59)61-9)72-34(24-55)69-39-31(22-53)67-25-30(49-51-47)38(39)64-20-16-12-3/h27-28,30-43,46,53-55,57H,10-26H2,1-9H3/t27-,28-,30+,31?,32?,33?,34?,35-,36-,37+,38?,39+,40+,41?,42?,43?,46-/m0/s1. The second kappa shape index (κ2) is 37.2. The number of carbonyl (C=O) groups is 3. The highest BCUT2D eigenvalue weighted by Crippen LogP contribution is 2.34. The molecule has 0 aromatic carbocycles. The Morgan fingerprint density at radius 2 is 1.19 bits per heavy atom. The van der Waals surface area contributed by atoms with Gasteiger partial charge in [-0.1, -0.05) is 63.6 Å². The molecule has 2 fully saturated rings. The lowest BCUT2D eigenvalue weighted by Crippen LogP contribution is -2.63. The van der Waals surface area contributed by atoms with Crippen molar-refractivity contribution < 1.29 is 101 Å². The van der Waals surface area contributed by atoms with Crippen molar-refractivity contribution in [2.75, 3.05) is 73.7 Å². The lowest BCUT2D eigenvalue weighted by atomic mass is 9.96. The van der Waals surface area contributed by atoms with Gasteiger partial charge in [0, 0.05) is 43.2 Å². The Hall–Kier alpha value is -3.57. The van der Waals surface area contributed by atoms with Crippen molar-refractivity contribution in [3.8, 4) is 0 Å². The Balaban J connectivity index is 2.77. The number of carbonyl (C=O) groups excluding carboxylic acids is 3. The number of nitrogens with zero attached hydrogens (tertiary/aromatic N) is 6. The molecule has 0 saturated carbocycles. The summed E-state index contributed by atoms with van der Waals surface area (Å²) in [6.07, 6.45) is -16.3. The molecule has 27 nitrogen and oxygen atoms in total. The molecular weight excluding hydrogens is 973 g/mol. The van der Waals surface area contributed by atoms with Crippen molar-refractivity contribution in [1.82, 2.24) is 0 Å². The number of aliphatic hydroxyl groups is 4. The van der Waals surface area contributed by atoms with Gasteiger partial charge >= 0.3 is 17.9 Å². The van der Waals surface area contributed by atoms with Crippen molar-refractivity contribution >= 4 is 17.9 Å². The number of ether oxygens (including phenoxy) is 14. The van der Waals surface area contributed by atoms with E-state index in [0.717, 1.165) is 34.0 Å². The number of rotatable bonds is 39. The van der Waals surface area contributed by atoms with Crippen LogP contribution < -0.4 is 0 Å². The molecule has 2 heterocycles. The largest absolute Gasteiger partial charge is 0.467 e. The molecule has 73 heavy (non-hydrogen) atoms. The first-order valence-corrected chi connectivity index (χ1v) is 25.1. The zero-order valence-electron chi connectivity index (χ0n) is 43.7. The third-order valence-electron chi connectivity index (χ3n) is 11.8. The Kier molecular flexibility index (Phi) is 33.4. The van der Waals surface area contributed by atoms with E-state index in [0.29, 0.717) is 38.5 Å². The average molecular weight is 1060 g/mol. The van der Waals surface area contributed by atoms with Gasteiger partial charge in [0.1, 0.15) is 49.3 Å². The summed E-state index contributed by atoms with van der Waals surface area (Å²) in [5, 5.41) is 50.9. The first-order valence-electron chi connectivity index (χ1n) is 25.1. The highest BCUT2D eigenvalue weighted by molar-refractivity contribution is 5.76. The van der Waals surface area contributed by atoms with Gasteiger partial charge in [0.15, 0.2) is 31.1 Å². The second-order valence-corrected chi connectivity index (χ2v) is 17.3. The second-order valence-electron chi connectivity index (χ2n) is 17.3. The van der Waals surface area contributed by atoms with E-state index in [-0.39, 0.29) is 33.0 Å². The van der Waals surface area contributed by atoms with Crippen molar-refractivity contribution in [1.29, 1.82) is 0 Å². The van der Waals surface area contributed by atoms with E-state index in [1.54, 1.807) is 6.92 Å². The van der Waals surface area contributed by atoms with E-state index in [2.05, 4.69) is 20.1 Å². The van der Waals surface area contributed by atoms with Gasteiger partial charge in [-0.3, -0.25) is 4.79 Å². The number of hydrogen-bond donors (Lipinski definition) is 4. The molecule has 17 atom stereocenters. The summed E-state index contributed by atoms with van der Waals surface area (Å²) in [5.41, 5.74) is 19.4. The van der Waals surface area contributed by atoms with Crippen LogP contribution in [0.5, 0.6) is 0 Å².